The van der Waals surface area contributed by atoms with Crippen LogP contribution in [0.25, 0.3) is 11.3 Å². The Morgan fingerprint density at radius 1 is 0.950 bits per heavy atom. The van der Waals surface area contributed by atoms with Crippen LogP contribution >= 0.6 is 23.1 Å². The van der Waals surface area contributed by atoms with Crippen LogP contribution in [0.3, 0.4) is 0 Å². The van der Waals surface area contributed by atoms with E-state index in [0.29, 0.717) is 34.4 Å². The van der Waals surface area contributed by atoms with Crippen LogP contribution in [0.1, 0.15) is 34.1 Å². The van der Waals surface area contributed by atoms with Gasteiger partial charge in [-0.1, -0.05) is 25.1 Å². The van der Waals surface area contributed by atoms with Gasteiger partial charge < -0.3 is 25.2 Å². The van der Waals surface area contributed by atoms with Crippen molar-refractivity contribution in [1.82, 2.24) is 4.98 Å². The predicted molar refractivity (Wildman–Crippen MR) is 157 cm³/mol. The summed E-state index contributed by atoms with van der Waals surface area (Å²) in [7, 11) is 3.14. The van der Waals surface area contributed by atoms with Gasteiger partial charge in [-0.15, -0.1) is 23.1 Å². The minimum absolute atomic E-state index is 0.0646. The SMILES string of the molecule is CCC(Sc1cccc(NC(=O)c2ccccc2C(=O)O)c1)C(=O)Nc1nc(-c2ccc(OC)c(OC)c2)cs1. The van der Waals surface area contributed by atoms with E-state index in [4.69, 9.17) is 9.47 Å². The molecule has 2 amide bonds. The van der Waals surface area contributed by atoms with Gasteiger partial charge in [-0.05, 0) is 55.0 Å². The van der Waals surface area contributed by atoms with Crippen molar-refractivity contribution in [3.63, 3.8) is 0 Å². The summed E-state index contributed by atoms with van der Waals surface area (Å²) in [5, 5.41) is 17.0. The molecular formula is C29H27N3O6S2. The maximum atomic E-state index is 13.1. The molecule has 1 heterocycles. The van der Waals surface area contributed by atoms with E-state index in [0.717, 1.165) is 10.5 Å². The van der Waals surface area contributed by atoms with Gasteiger partial charge in [0, 0.05) is 21.5 Å². The lowest BCUT2D eigenvalue weighted by atomic mass is 10.1. The minimum Gasteiger partial charge on any atom is -0.493 e. The Morgan fingerprint density at radius 3 is 2.40 bits per heavy atom. The molecule has 40 heavy (non-hydrogen) atoms. The molecule has 4 rings (SSSR count). The van der Waals surface area contributed by atoms with E-state index >= 15 is 0 Å². The van der Waals surface area contributed by atoms with Crippen molar-refractivity contribution >= 4 is 51.7 Å². The number of ether oxygens (including phenoxy) is 2. The number of thioether (sulfide) groups is 1. The van der Waals surface area contributed by atoms with E-state index in [1.54, 1.807) is 50.6 Å². The Balaban J connectivity index is 1.42. The number of nitrogens with zero attached hydrogens (tertiary/aromatic N) is 1. The summed E-state index contributed by atoms with van der Waals surface area (Å²) in [4.78, 5) is 42.7. The van der Waals surface area contributed by atoms with E-state index in [9.17, 15) is 19.5 Å². The molecule has 0 aliphatic rings. The Kier molecular flexibility index (Phi) is 9.41. The average Bonchev–Trinajstić information content (AvgIpc) is 3.43. The number of carbonyl (C=O) groups excluding carboxylic acids is 2. The summed E-state index contributed by atoms with van der Waals surface area (Å²) in [6.45, 7) is 1.92. The van der Waals surface area contributed by atoms with E-state index in [2.05, 4.69) is 15.6 Å². The molecule has 1 aromatic heterocycles. The van der Waals surface area contributed by atoms with E-state index in [-0.39, 0.29) is 17.0 Å². The number of hydrogen-bond acceptors (Lipinski definition) is 8. The number of benzene rings is 3. The zero-order valence-electron chi connectivity index (χ0n) is 22.0. The average molecular weight is 578 g/mol. The quantitative estimate of drug-likeness (QED) is 0.178. The second-order valence-electron chi connectivity index (χ2n) is 8.44. The molecule has 9 nitrogen and oxygen atoms in total. The Bertz CT molecular complexity index is 1540. The Hall–Kier alpha value is -4.35. The fourth-order valence-electron chi connectivity index (χ4n) is 3.84. The second-order valence-corrected chi connectivity index (χ2v) is 10.6. The molecular weight excluding hydrogens is 550 g/mol. The lowest BCUT2D eigenvalue weighted by molar-refractivity contribution is -0.115. The molecule has 0 saturated carbocycles. The number of amides is 2. The van der Waals surface area contributed by atoms with Gasteiger partial charge >= 0.3 is 5.97 Å². The summed E-state index contributed by atoms with van der Waals surface area (Å²) in [5.74, 6) is -0.690. The van der Waals surface area contributed by atoms with Crippen molar-refractivity contribution in [2.24, 2.45) is 0 Å². The number of thiazole rings is 1. The fraction of sp³-hybridized carbons (Fsp3) is 0.172. The van der Waals surface area contributed by atoms with E-state index < -0.39 is 17.1 Å². The largest absolute Gasteiger partial charge is 0.493 e. The topological polar surface area (TPSA) is 127 Å². The first kappa shape index (κ1) is 28.7. The Morgan fingerprint density at radius 2 is 1.70 bits per heavy atom. The highest BCUT2D eigenvalue weighted by Gasteiger charge is 2.21. The maximum Gasteiger partial charge on any atom is 0.336 e. The fourth-order valence-corrected chi connectivity index (χ4v) is 5.58. The molecule has 1 unspecified atom stereocenters. The summed E-state index contributed by atoms with van der Waals surface area (Å²) in [6, 6.07) is 18.6. The Labute approximate surface area is 239 Å². The lowest BCUT2D eigenvalue weighted by Gasteiger charge is -2.14. The van der Waals surface area contributed by atoms with Crippen LogP contribution in [0.2, 0.25) is 0 Å². The van der Waals surface area contributed by atoms with Crippen LogP contribution in [-0.2, 0) is 4.79 Å². The van der Waals surface area contributed by atoms with Crippen molar-refractivity contribution in [3.8, 4) is 22.8 Å². The number of rotatable bonds is 11. The van der Waals surface area contributed by atoms with Crippen LogP contribution in [0.15, 0.2) is 77.0 Å². The third-order valence-electron chi connectivity index (χ3n) is 5.85. The molecule has 0 spiro atoms. The van der Waals surface area contributed by atoms with Crippen molar-refractivity contribution < 1.29 is 29.0 Å². The second kappa shape index (κ2) is 13.1. The lowest BCUT2D eigenvalue weighted by Crippen LogP contribution is -2.24. The number of nitrogens with one attached hydrogen (secondary N) is 2. The highest BCUT2D eigenvalue weighted by molar-refractivity contribution is 8.00. The molecule has 0 saturated heterocycles. The maximum absolute atomic E-state index is 13.1. The number of carboxylic acids is 1. The van der Waals surface area contributed by atoms with Crippen LogP contribution in [0, 0.1) is 0 Å². The molecule has 3 aromatic carbocycles. The van der Waals surface area contributed by atoms with Gasteiger partial charge in [-0.2, -0.15) is 0 Å². The van der Waals surface area contributed by atoms with Gasteiger partial charge in [0.25, 0.3) is 5.91 Å². The predicted octanol–water partition coefficient (Wildman–Crippen LogP) is 6.29. The van der Waals surface area contributed by atoms with Crippen LogP contribution in [0.5, 0.6) is 11.5 Å². The van der Waals surface area contributed by atoms with Crippen LogP contribution in [0.4, 0.5) is 10.8 Å². The molecule has 206 valence electrons. The molecule has 4 aromatic rings. The molecule has 0 aliphatic carbocycles. The van der Waals surface area contributed by atoms with Gasteiger partial charge in [0.15, 0.2) is 16.6 Å². The summed E-state index contributed by atoms with van der Waals surface area (Å²) in [6.07, 6.45) is 0.562. The zero-order chi connectivity index (χ0) is 28.6. The first-order chi connectivity index (χ1) is 19.3. The van der Waals surface area contributed by atoms with Crippen LogP contribution in [-0.4, -0.2) is 47.3 Å². The first-order valence-electron chi connectivity index (χ1n) is 12.2. The monoisotopic (exact) mass is 577 g/mol. The summed E-state index contributed by atoms with van der Waals surface area (Å²) < 4.78 is 10.7. The number of carbonyl (C=O) groups is 3. The van der Waals surface area contributed by atoms with E-state index in [1.807, 2.05) is 30.5 Å². The standard InChI is InChI=1S/C29H27N3O6S2/c1-4-25(27(34)32-29-31-22(16-39-29)17-12-13-23(37-2)24(14-17)38-3)40-19-9-7-8-18(15-19)30-26(33)20-10-5-6-11-21(20)28(35)36/h5-16,25H,4H2,1-3H3,(H,30,33)(H,35,36)(H,31,32,34). The molecule has 0 bridgehead atoms. The van der Waals surface area contributed by atoms with Crippen molar-refractivity contribution in [1.29, 1.82) is 0 Å². The zero-order valence-corrected chi connectivity index (χ0v) is 23.6. The molecule has 0 aliphatic heterocycles. The first-order valence-corrected chi connectivity index (χ1v) is 14.0. The molecule has 11 heteroatoms. The van der Waals surface area contributed by atoms with Crippen LogP contribution < -0.4 is 20.1 Å². The molecule has 0 fully saturated rings. The van der Waals surface area contributed by atoms with Gasteiger partial charge in [-0.3, -0.25) is 9.59 Å². The number of aromatic carboxylic acids is 1. The summed E-state index contributed by atoms with van der Waals surface area (Å²) in [5.41, 5.74) is 2.01. The number of carboxylic acid groups (broad SMARTS) is 1. The van der Waals surface area contributed by atoms with Crippen molar-refractivity contribution in [3.05, 3.63) is 83.2 Å². The third kappa shape index (κ3) is 6.80. The van der Waals surface area contributed by atoms with E-state index in [1.165, 1.54) is 35.2 Å². The third-order valence-corrected chi connectivity index (χ3v) is 7.96. The number of anilines is 2. The van der Waals surface area contributed by atoms with Gasteiger partial charge in [0.05, 0.1) is 36.3 Å². The number of aromatic nitrogens is 1. The normalized spacial score (nSPS) is 11.4. The molecule has 1 atom stereocenters. The minimum atomic E-state index is -1.18. The smallest absolute Gasteiger partial charge is 0.336 e. The molecule has 3 N–H and O–H groups in total. The van der Waals surface area contributed by atoms with Crippen molar-refractivity contribution in [2.45, 2.75) is 23.5 Å². The number of hydrogen-bond donors (Lipinski definition) is 3. The highest BCUT2D eigenvalue weighted by Crippen LogP contribution is 2.34. The van der Waals surface area contributed by atoms with Gasteiger partial charge in [-0.25, -0.2) is 9.78 Å². The molecule has 0 radical (unpaired) electrons. The van der Waals surface area contributed by atoms with Crippen molar-refractivity contribution in [2.75, 3.05) is 24.9 Å². The summed E-state index contributed by atoms with van der Waals surface area (Å²) >= 11 is 2.69. The van der Waals surface area contributed by atoms with Gasteiger partial charge in [0.1, 0.15) is 0 Å². The van der Waals surface area contributed by atoms with Gasteiger partial charge in [0.2, 0.25) is 5.91 Å². The highest BCUT2D eigenvalue weighted by atomic mass is 32.2. The number of methoxy groups -OCH3 is 2.